The Morgan fingerprint density at radius 3 is 2.38 bits per heavy atom. The molecule has 2 rings (SSSR count). The SMILES string of the molecule is O=C(CI)Nc1ccc(C(=O)O)c(N2C(=O)CCC2=O)c1. The zero-order valence-corrected chi connectivity index (χ0v) is 12.9. The van der Waals surface area contributed by atoms with Crippen LogP contribution in [0.5, 0.6) is 0 Å². The molecule has 0 aliphatic carbocycles. The van der Waals surface area contributed by atoms with Gasteiger partial charge in [0.2, 0.25) is 17.7 Å². The standard InChI is InChI=1S/C13H11IN2O5/c14-6-10(17)15-7-1-2-8(13(20)21)9(5-7)16-11(18)3-4-12(16)19/h1-2,5H,3-4,6H2,(H,15,17)(H,20,21). The summed E-state index contributed by atoms with van der Waals surface area (Å²) in [5, 5.41) is 11.7. The van der Waals surface area contributed by atoms with Gasteiger partial charge in [-0.05, 0) is 18.2 Å². The molecule has 7 nitrogen and oxygen atoms in total. The Labute approximate surface area is 133 Å². The summed E-state index contributed by atoms with van der Waals surface area (Å²) in [4.78, 5) is 47.0. The van der Waals surface area contributed by atoms with Crippen LogP contribution in [0.25, 0.3) is 0 Å². The van der Waals surface area contributed by atoms with Gasteiger partial charge in [-0.3, -0.25) is 14.4 Å². The fraction of sp³-hybridized carbons (Fsp3) is 0.231. The second-order valence-electron chi connectivity index (χ2n) is 4.34. The topological polar surface area (TPSA) is 104 Å². The van der Waals surface area contributed by atoms with Gasteiger partial charge >= 0.3 is 5.97 Å². The van der Waals surface area contributed by atoms with Crippen LogP contribution in [-0.4, -0.2) is 33.2 Å². The van der Waals surface area contributed by atoms with Crippen LogP contribution in [0.3, 0.4) is 0 Å². The number of hydrogen-bond donors (Lipinski definition) is 2. The zero-order valence-electron chi connectivity index (χ0n) is 10.8. The minimum absolute atomic E-state index is 0.0127. The van der Waals surface area contributed by atoms with E-state index >= 15 is 0 Å². The molecule has 1 fully saturated rings. The van der Waals surface area contributed by atoms with Crippen LogP contribution in [0.2, 0.25) is 0 Å². The first kappa shape index (κ1) is 15.4. The molecule has 1 heterocycles. The highest BCUT2D eigenvalue weighted by atomic mass is 127. The third kappa shape index (κ3) is 3.20. The monoisotopic (exact) mass is 402 g/mol. The molecule has 0 bridgehead atoms. The molecule has 1 aromatic rings. The molecule has 21 heavy (non-hydrogen) atoms. The number of carbonyl (C=O) groups excluding carboxylic acids is 3. The van der Waals surface area contributed by atoms with Crippen molar-refractivity contribution in [2.45, 2.75) is 12.8 Å². The number of benzene rings is 1. The van der Waals surface area contributed by atoms with Gasteiger partial charge in [0.15, 0.2) is 0 Å². The number of anilines is 2. The Bertz CT molecular complexity index is 627. The van der Waals surface area contributed by atoms with E-state index in [9.17, 15) is 24.3 Å². The third-order valence-electron chi connectivity index (χ3n) is 2.93. The van der Waals surface area contributed by atoms with Gasteiger partial charge < -0.3 is 10.4 Å². The second-order valence-corrected chi connectivity index (χ2v) is 5.10. The zero-order chi connectivity index (χ0) is 15.6. The summed E-state index contributed by atoms with van der Waals surface area (Å²) in [6, 6.07) is 4.01. The van der Waals surface area contributed by atoms with Gasteiger partial charge in [0, 0.05) is 18.5 Å². The van der Waals surface area contributed by atoms with Crippen LogP contribution in [0, 0.1) is 0 Å². The fourth-order valence-electron chi connectivity index (χ4n) is 2.01. The fourth-order valence-corrected chi connectivity index (χ4v) is 2.21. The minimum Gasteiger partial charge on any atom is -0.478 e. The lowest BCUT2D eigenvalue weighted by atomic mass is 10.1. The summed E-state index contributed by atoms with van der Waals surface area (Å²) in [6.07, 6.45) is 0.116. The first-order valence-corrected chi connectivity index (χ1v) is 7.55. The van der Waals surface area contributed by atoms with Crippen molar-refractivity contribution in [2.75, 3.05) is 14.6 Å². The second kappa shape index (κ2) is 6.20. The van der Waals surface area contributed by atoms with E-state index in [1.807, 2.05) is 22.6 Å². The number of carbonyl (C=O) groups is 4. The maximum absolute atomic E-state index is 11.8. The van der Waals surface area contributed by atoms with Crippen LogP contribution in [-0.2, 0) is 14.4 Å². The van der Waals surface area contributed by atoms with Gasteiger partial charge in [-0.2, -0.15) is 0 Å². The van der Waals surface area contributed by atoms with Crippen LogP contribution in [0.4, 0.5) is 11.4 Å². The minimum atomic E-state index is -1.25. The molecule has 0 atom stereocenters. The number of hydrogen-bond acceptors (Lipinski definition) is 4. The van der Waals surface area contributed by atoms with Gasteiger partial charge in [-0.25, -0.2) is 9.69 Å². The Morgan fingerprint density at radius 1 is 1.24 bits per heavy atom. The van der Waals surface area contributed by atoms with E-state index < -0.39 is 17.8 Å². The number of aromatic carboxylic acids is 1. The number of imide groups is 1. The van der Waals surface area contributed by atoms with E-state index in [1.165, 1.54) is 18.2 Å². The molecular formula is C13H11IN2O5. The number of amides is 3. The maximum Gasteiger partial charge on any atom is 0.337 e. The number of nitrogens with zero attached hydrogens (tertiary/aromatic N) is 1. The van der Waals surface area contributed by atoms with Crippen LogP contribution < -0.4 is 10.2 Å². The summed E-state index contributed by atoms with van der Waals surface area (Å²) in [7, 11) is 0. The maximum atomic E-state index is 11.8. The predicted octanol–water partition coefficient (Wildman–Crippen LogP) is 1.41. The molecule has 2 N–H and O–H groups in total. The molecule has 0 radical (unpaired) electrons. The third-order valence-corrected chi connectivity index (χ3v) is 3.62. The van der Waals surface area contributed by atoms with Crippen molar-refractivity contribution < 1.29 is 24.3 Å². The number of nitrogens with one attached hydrogen (secondary N) is 1. The summed E-state index contributed by atoms with van der Waals surface area (Å²) in [5.74, 6) is -2.40. The van der Waals surface area contributed by atoms with Crippen molar-refractivity contribution in [1.82, 2.24) is 0 Å². The first-order chi connectivity index (χ1) is 9.93. The number of carboxylic acid groups (broad SMARTS) is 1. The Balaban J connectivity index is 2.47. The van der Waals surface area contributed by atoms with Crippen LogP contribution >= 0.6 is 22.6 Å². The van der Waals surface area contributed by atoms with Gasteiger partial charge in [0.1, 0.15) is 0 Å². The molecule has 1 aliphatic heterocycles. The highest BCUT2D eigenvalue weighted by Gasteiger charge is 2.33. The molecular weight excluding hydrogens is 391 g/mol. The Morgan fingerprint density at radius 2 is 1.86 bits per heavy atom. The lowest BCUT2D eigenvalue weighted by Crippen LogP contribution is -2.30. The largest absolute Gasteiger partial charge is 0.478 e. The molecule has 0 unspecified atom stereocenters. The summed E-state index contributed by atoms with van der Waals surface area (Å²) >= 11 is 1.89. The molecule has 8 heteroatoms. The van der Waals surface area contributed by atoms with Crippen molar-refractivity contribution in [3.05, 3.63) is 23.8 Å². The van der Waals surface area contributed by atoms with Crippen LogP contribution in [0.15, 0.2) is 18.2 Å². The number of alkyl halides is 1. The summed E-state index contributed by atoms with van der Waals surface area (Å²) in [5.41, 5.74) is 0.163. The highest BCUT2D eigenvalue weighted by molar-refractivity contribution is 14.1. The van der Waals surface area contributed by atoms with Gasteiger partial charge in [-0.1, -0.05) is 22.6 Å². The van der Waals surface area contributed by atoms with Gasteiger partial charge in [0.05, 0.1) is 15.7 Å². The van der Waals surface area contributed by atoms with Crippen molar-refractivity contribution in [3.8, 4) is 0 Å². The quantitative estimate of drug-likeness (QED) is 0.451. The molecule has 110 valence electrons. The average molecular weight is 402 g/mol. The smallest absolute Gasteiger partial charge is 0.337 e. The average Bonchev–Trinajstić information content (AvgIpc) is 2.77. The molecule has 0 aromatic heterocycles. The van der Waals surface area contributed by atoms with E-state index in [1.54, 1.807) is 0 Å². The van der Waals surface area contributed by atoms with Crippen molar-refractivity contribution in [3.63, 3.8) is 0 Å². The molecule has 3 amide bonds. The Kier molecular flexibility index (Phi) is 4.56. The number of halogens is 1. The Hall–Kier alpha value is -1.97. The molecule has 1 aliphatic rings. The molecule has 0 spiro atoms. The van der Waals surface area contributed by atoms with Crippen LogP contribution in [0.1, 0.15) is 23.2 Å². The normalized spacial score (nSPS) is 14.4. The molecule has 1 saturated heterocycles. The van der Waals surface area contributed by atoms with E-state index in [2.05, 4.69) is 5.32 Å². The first-order valence-electron chi connectivity index (χ1n) is 6.03. The van der Waals surface area contributed by atoms with Gasteiger partial charge in [0.25, 0.3) is 0 Å². The van der Waals surface area contributed by atoms with E-state index in [0.29, 0.717) is 5.69 Å². The molecule has 1 aromatic carbocycles. The van der Waals surface area contributed by atoms with E-state index in [-0.39, 0.29) is 34.4 Å². The number of carboxylic acids is 1. The predicted molar refractivity (Wildman–Crippen MR) is 82.6 cm³/mol. The summed E-state index contributed by atoms with van der Waals surface area (Å²) < 4.78 is 0.231. The lowest BCUT2D eigenvalue weighted by Gasteiger charge is -2.17. The van der Waals surface area contributed by atoms with Gasteiger partial charge in [-0.15, -0.1) is 0 Å². The summed E-state index contributed by atoms with van der Waals surface area (Å²) in [6.45, 7) is 0. The molecule has 0 saturated carbocycles. The van der Waals surface area contributed by atoms with Crippen molar-refractivity contribution in [2.24, 2.45) is 0 Å². The highest BCUT2D eigenvalue weighted by Crippen LogP contribution is 2.29. The van der Waals surface area contributed by atoms with E-state index in [0.717, 1.165) is 4.90 Å². The number of rotatable bonds is 4. The lowest BCUT2D eigenvalue weighted by molar-refractivity contribution is -0.121. The van der Waals surface area contributed by atoms with Crippen molar-refractivity contribution >= 4 is 57.7 Å². The van der Waals surface area contributed by atoms with E-state index in [4.69, 9.17) is 0 Å². The van der Waals surface area contributed by atoms with Crippen molar-refractivity contribution in [1.29, 1.82) is 0 Å².